The van der Waals surface area contributed by atoms with Crippen LogP contribution in [0.2, 0.25) is 0 Å². The Morgan fingerprint density at radius 3 is 1.75 bits per heavy atom. The van der Waals surface area contributed by atoms with Crippen molar-refractivity contribution >= 4 is 12.9 Å². The van der Waals surface area contributed by atoms with Crippen LogP contribution < -0.4 is 5.30 Å². The van der Waals surface area contributed by atoms with E-state index in [0.717, 1.165) is 25.7 Å². The molecule has 4 heteroatoms. The van der Waals surface area contributed by atoms with Crippen molar-refractivity contribution in [3.8, 4) is 0 Å². The predicted octanol–water partition coefficient (Wildman–Crippen LogP) is 5.91. The lowest BCUT2D eigenvalue weighted by Gasteiger charge is -2.18. The van der Waals surface area contributed by atoms with Crippen LogP contribution in [0.5, 0.6) is 0 Å². The molecule has 3 nitrogen and oxygen atoms in total. The lowest BCUT2D eigenvalue weighted by atomic mass is 9.87. The first kappa shape index (κ1) is 20.5. The molecule has 0 saturated heterocycles. The Morgan fingerprint density at radius 2 is 1.21 bits per heavy atom. The summed E-state index contributed by atoms with van der Waals surface area (Å²) in [5, 5.41) is 0.350. The minimum Gasteiger partial charge on any atom is -0.321 e. The van der Waals surface area contributed by atoms with Crippen LogP contribution in [0.25, 0.3) is 0 Å². The van der Waals surface area contributed by atoms with Gasteiger partial charge in [-0.1, -0.05) is 91.7 Å². The van der Waals surface area contributed by atoms with Crippen LogP contribution in [-0.2, 0) is 9.09 Å². The Labute approximate surface area is 167 Å². The highest BCUT2D eigenvalue weighted by molar-refractivity contribution is 7.61. The van der Waals surface area contributed by atoms with Gasteiger partial charge in [0.2, 0.25) is 0 Å². The van der Waals surface area contributed by atoms with Crippen molar-refractivity contribution in [3.63, 3.8) is 0 Å². The van der Waals surface area contributed by atoms with Crippen molar-refractivity contribution in [2.75, 3.05) is 6.61 Å². The SMILES string of the molecule is O=P(O)(OCCCCCC(c1ccccc1)c1ccccc1)c1ccccc1. The maximum Gasteiger partial charge on any atom is 0.358 e. The highest BCUT2D eigenvalue weighted by Gasteiger charge is 2.21. The zero-order chi connectivity index (χ0) is 19.7. The van der Waals surface area contributed by atoms with E-state index in [0.29, 0.717) is 17.8 Å². The third kappa shape index (κ3) is 5.90. The molecule has 0 aliphatic rings. The van der Waals surface area contributed by atoms with Gasteiger partial charge in [0.15, 0.2) is 0 Å². The molecule has 3 aromatic carbocycles. The van der Waals surface area contributed by atoms with Gasteiger partial charge in [-0.15, -0.1) is 0 Å². The summed E-state index contributed by atoms with van der Waals surface area (Å²) in [5.74, 6) is 0.372. The van der Waals surface area contributed by atoms with Crippen LogP contribution in [0, 0.1) is 0 Å². The first-order valence-corrected chi connectivity index (χ1v) is 11.4. The fourth-order valence-corrected chi connectivity index (χ4v) is 4.48. The Hall–Kier alpha value is -2.19. The molecule has 1 atom stereocenters. The van der Waals surface area contributed by atoms with E-state index in [2.05, 4.69) is 48.5 Å². The lowest BCUT2D eigenvalue weighted by Crippen LogP contribution is -2.07. The van der Waals surface area contributed by atoms with Crippen LogP contribution in [0.1, 0.15) is 42.7 Å². The molecule has 3 rings (SSSR count). The third-order valence-electron chi connectivity index (χ3n) is 4.89. The maximum atomic E-state index is 12.3. The monoisotopic (exact) mass is 394 g/mol. The summed E-state index contributed by atoms with van der Waals surface area (Å²) in [6, 6.07) is 29.7. The van der Waals surface area contributed by atoms with Crippen LogP contribution >= 0.6 is 7.60 Å². The Balaban J connectivity index is 1.48. The summed E-state index contributed by atoms with van der Waals surface area (Å²) < 4.78 is 17.6. The van der Waals surface area contributed by atoms with Gasteiger partial charge in [0.1, 0.15) is 0 Å². The molecule has 0 saturated carbocycles. The molecule has 0 radical (unpaired) electrons. The lowest BCUT2D eigenvalue weighted by molar-refractivity contribution is 0.261. The minimum absolute atomic E-state index is 0.296. The van der Waals surface area contributed by atoms with Crippen molar-refractivity contribution < 1.29 is 14.0 Å². The molecule has 0 aromatic heterocycles. The third-order valence-corrected chi connectivity index (χ3v) is 6.37. The van der Waals surface area contributed by atoms with Crippen LogP contribution in [0.15, 0.2) is 91.0 Å². The van der Waals surface area contributed by atoms with Gasteiger partial charge in [-0.05, 0) is 36.1 Å². The largest absolute Gasteiger partial charge is 0.358 e. The van der Waals surface area contributed by atoms with Crippen LogP contribution in [0.4, 0.5) is 0 Å². The number of rotatable bonds is 10. The average Bonchev–Trinajstić information content (AvgIpc) is 2.75. The van der Waals surface area contributed by atoms with E-state index in [1.165, 1.54) is 11.1 Å². The van der Waals surface area contributed by atoms with E-state index in [1.807, 2.05) is 18.2 Å². The standard InChI is InChI=1S/C24H27O3P/c25-28(26,23-17-9-3-10-18-23)27-20-12-4-11-19-24(21-13-5-1-6-14-21)22-15-7-2-8-16-22/h1-3,5-10,13-18,24H,4,11-12,19-20H2,(H,25,26). The van der Waals surface area contributed by atoms with Crippen molar-refractivity contribution in [2.24, 2.45) is 0 Å². The summed E-state index contributed by atoms with van der Waals surface area (Å²) >= 11 is 0. The molecule has 0 aliphatic heterocycles. The molecule has 28 heavy (non-hydrogen) atoms. The normalized spacial score (nSPS) is 13.4. The average molecular weight is 394 g/mol. The fraction of sp³-hybridized carbons (Fsp3) is 0.250. The van der Waals surface area contributed by atoms with E-state index < -0.39 is 7.60 Å². The fourth-order valence-electron chi connectivity index (χ4n) is 3.40. The van der Waals surface area contributed by atoms with Gasteiger partial charge in [-0.25, -0.2) is 0 Å². The Bertz CT molecular complexity index is 827. The number of unbranched alkanes of at least 4 members (excludes halogenated alkanes) is 2. The molecule has 0 bridgehead atoms. The topological polar surface area (TPSA) is 46.5 Å². The molecule has 0 aliphatic carbocycles. The van der Waals surface area contributed by atoms with Gasteiger partial charge in [-0.2, -0.15) is 0 Å². The van der Waals surface area contributed by atoms with E-state index in [4.69, 9.17) is 4.52 Å². The molecule has 3 aromatic rings. The Morgan fingerprint density at radius 1 is 0.714 bits per heavy atom. The summed E-state index contributed by atoms with van der Waals surface area (Å²) in [4.78, 5) is 10.1. The first-order valence-electron chi connectivity index (χ1n) is 9.80. The second-order valence-corrected chi connectivity index (χ2v) is 8.73. The number of benzene rings is 3. The van der Waals surface area contributed by atoms with Crippen molar-refractivity contribution in [1.29, 1.82) is 0 Å². The summed E-state index contributed by atoms with van der Waals surface area (Å²) in [7, 11) is -3.71. The van der Waals surface area contributed by atoms with Crippen LogP contribution in [0.3, 0.4) is 0 Å². The van der Waals surface area contributed by atoms with Gasteiger partial charge >= 0.3 is 7.60 Å². The molecule has 0 spiro atoms. The van der Waals surface area contributed by atoms with Crippen molar-refractivity contribution in [3.05, 3.63) is 102 Å². The first-order chi connectivity index (χ1) is 13.7. The van der Waals surface area contributed by atoms with E-state index in [1.54, 1.807) is 24.3 Å². The van der Waals surface area contributed by atoms with Crippen molar-refractivity contribution in [1.82, 2.24) is 0 Å². The Kier molecular flexibility index (Phi) is 7.62. The van der Waals surface area contributed by atoms with Crippen LogP contribution in [-0.4, -0.2) is 11.5 Å². The zero-order valence-electron chi connectivity index (χ0n) is 16.0. The smallest absolute Gasteiger partial charge is 0.321 e. The number of hydrogen-bond donors (Lipinski definition) is 1. The summed E-state index contributed by atoms with van der Waals surface area (Å²) in [5.41, 5.74) is 2.66. The summed E-state index contributed by atoms with van der Waals surface area (Å²) in [6.07, 6.45) is 3.82. The molecule has 0 amide bonds. The van der Waals surface area contributed by atoms with Gasteiger partial charge in [0, 0.05) is 5.92 Å². The van der Waals surface area contributed by atoms with Gasteiger partial charge in [0.05, 0.1) is 11.9 Å². The van der Waals surface area contributed by atoms with E-state index in [9.17, 15) is 9.46 Å². The van der Waals surface area contributed by atoms with Gasteiger partial charge in [0.25, 0.3) is 0 Å². The van der Waals surface area contributed by atoms with Gasteiger partial charge in [-0.3, -0.25) is 4.57 Å². The minimum atomic E-state index is -3.71. The van der Waals surface area contributed by atoms with E-state index >= 15 is 0 Å². The highest BCUT2D eigenvalue weighted by Crippen LogP contribution is 2.40. The quantitative estimate of drug-likeness (QED) is 0.344. The van der Waals surface area contributed by atoms with Gasteiger partial charge < -0.3 is 9.42 Å². The molecule has 146 valence electrons. The van der Waals surface area contributed by atoms with Crippen molar-refractivity contribution in [2.45, 2.75) is 31.6 Å². The second kappa shape index (κ2) is 10.4. The summed E-state index contributed by atoms with van der Waals surface area (Å²) in [6.45, 7) is 0.296. The molecular formula is C24H27O3P. The highest BCUT2D eigenvalue weighted by atomic mass is 31.2. The molecule has 1 N–H and O–H groups in total. The molecule has 1 unspecified atom stereocenters. The second-order valence-electron chi connectivity index (χ2n) is 6.91. The molecule has 0 fully saturated rings. The van der Waals surface area contributed by atoms with E-state index in [-0.39, 0.29) is 0 Å². The molecule has 0 heterocycles. The predicted molar refractivity (Wildman–Crippen MR) is 115 cm³/mol. The number of hydrogen-bond acceptors (Lipinski definition) is 2. The zero-order valence-corrected chi connectivity index (χ0v) is 16.9. The molecular weight excluding hydrogens is 367 g/mol. The maximum absolute atomic E-state index is 12.3.